The molecule has 2 rings (SSSR count). The Balaban J connectivity index is 2.31. The van der Waals surface area contributed by atoms with Gasteiger partial charge in [0.25, 0.3) is 0 Å². The number of aromatic nitrogens is 1. The minimum Gasteiger partial charge on any atom is -0.455 e. The molecule has 82 valence electrons. The fourth-order valence-corrected chi connectivity index (χ4v) is 1.68. The number of hydrogen-bond donors (Lipinski definition) is 1. The summed E-state index contributed by atoms with van der Waals surface area (Å²) in [6.45, 7) is 1.94. The number of hydrogen-bond acceptors (Lipinski definition) is 3. The molecule has 0 fully saturated rings. The van der Waals surface area contributed by atoms with Crippen molar-refractivity contribution in [1.82, 2.24) is 4.98 Å². The van der Waals surface area contributed by atoms with Gasteiger partial charge in [-0.05, 0) is 31.2 Å². The monoisotopic (exact) mass is 278 g/mol. The number of halogens is 1. The van der Waals surface area contributed by atoms with Crippen molar-refractivity contribution in [3.8, 4) is 11.5 Å². The summed E-state index contributed by atoms with van der Waals surface area (Å²) in [4.78, 5) is 4.00. The molecule has 0 saturated heterocycles. The van der Waals surface area contributed by atoms with Gasteiger partial charge in [0, 0.05) is 22.4 Å². The third-order valence-electron chi connectivity index (χ3n) is 2.16. The Labute approximate surface area is 102 Å². The second-order valence-corrected chi connectivity index (χ2v) is 4.34. The largest absolute Gasteiger partial charge is 0.455 e. The average molecular weight is 279 g/mol. The lowest BCUT2D eigenvalue weighted by atomic mass is 10.2. The second-order valence-electron chi connectivity index (χ2n) is 3.43. The molecule has 0 atom stereocenters. The molecule has 2 N–H and O–H groups in total. The van der Waals surface area contributed by atoms with Gasteiger partial charge in [0.15, 0.2) is 0 Å². The first-order valence-corrected chi connectivity index (χ1v) is 5.59. The molecule has 0 aliphatic heterocycles. The van der Waals surface area contributed by atoms with Crippen LogP contribution in [0, 0.1) is 6.92 Å². The lowest BCUT2D eigenvalue weighted by Crippen LogP contribution is -1.93. The van der Waals surface area contributed by atoms with Crippen LogP contribution < -0.4 is 10.5 Å². The van der Waals surface area contributed by atoms with E-state index >= 15 is 0 Å². The summed E-state index contributed by atoms with van der Waals surface area (Å²) < 4.78 is 6.64. The Hall–Kier alpha value is -1.55. The van der Waals surface area contributed by atoms with E-state index in [0.717, 1.165) is 15.8 Å². The number of nitrogens with zero attached hydrogens (tertiary/aromatic N) is 1. The van der Waals surface area contributed by atoms with Crippen molar-refractivity contribution in [2.24, 2.45) is 0 Å². The van der Waals surface area contributed by atoms with Crippen molar-refractivity contribution in [3.63, 3.8) is 0 Å². The normalized spacial score (nSPS) is 10.1. The predicted molar refractivity (Wildman–Crippen MR) is 67.6 cm³/mol. The summed E-state index contributed by atoms with van der Waals surface area (Å²) in [6.07, 6.45) is 3.45. The maximum absolute atomic E-state index is 5.85. The van der Waals surface area contributed by atoms with Crippen molar-refractivity contribution < 1.29 is 4.74 Å². The summed E-state index contributed by atoms with van der Waals surface area (Å²) in [6, 6.07) is 7.35. The number of ether oxygens (including phenoxy) is 1. The van der Waals surface area contributed by atoms with Gasteiger partial charge in [0.05, 0.1) is 5.69 Å². The molecule has 1 aromatic carbocycles. The second kappa shape index (κ2) is 4.53. The molecule has 0 saturated carbocycles. The highest BCUT2D eigenvalue weighted by molar-refractivity contribution is 9.10. The van der Waals surface area contributed by atoms with Gasteiger partial charge in [-0.15, -0.1) is 0 Å². The molecule has 0 aliphatic rings. The molecule has 0 bridgehead atoms. The van der Waals surface area contributed by atoms with Gasteiger partial charge in [0.1, 0.15) is 11.5 Å². The number of benzene rings is 1. The zero-order valence-corrected chi connectivity index (χ0v) is 10.4. The highest BCUT2D eigenvalue weighted by Crippen LogP contribution is 2.30. The predicted octanol–water partition coefficient (Wildman–Crippen LogP) is 3.53. The number of nitrogens with two attached hydrogens (primary N) is 1. The third kappa shape index (κ3) is 2.33. The van der Waals surface area contributed by atoms with Gasteiger partial charge in [0.2, 0.25) is 0 Å². The topological polar surface area (TPSA) is 48.1 Å². The molecule has 4 heteroatoms. The molecule has 0 unspecified atom stereocenters. The summed E-state index contributed by atoms with van der Waals surface area (Å²) in [5.74, 6) is 1.42. The van der Waals surface area contributed by atoms with Gasteiger partial charge in [-0.25, -0.2) is 0 Å². The fourth-order valence-electron chi connectivity index (χ4n) is 1.31. The van der Waals surface area contributed by atoms with E-state index in [-0.39, 0.29) is 0 Å². The highest BCUT2D eigenvalue weighted by atomic mass is 79.9. The van der Waals surface area contributed by atoms with Crippen LogP contribution >= 0.6 is 15.9 Å². The van der Waals surface area contributed by atoms with Crippen molar-refractivity contribution in [3.05, 3.63) is 46.7 Å². The molecular weight excluding hydrogens is 268 g/mol. The van der Waals surface area contributed by atoms with E-state index in [2.05, 4.69) is 20.9 Å². The van der Waals surface area contributed by atoms with Crippen LogP contribution in [-0.2, 0) is 0 Å². The summed E-state index contributed by atoms with van der Waals surface area (Å²) in [5, 5.41) is 0. The van der Waals surface area contributed by atoms with E-state index < -0.39 is 0 Å². The summed E-state index contributed by atoms with van der Waals surface area (Å²) in [7, 11) is 0. The van der Waals surface area contributed by atoms with Crippen molar-refractivity contribution >= 4 is 21.6 Å². The van der Waals surface area contributed by atoms with Crippen LogP contribution in [0.25, 0.3) is 0 Å². The average Bonchev–Trinajstić information content (AvgIpc) is 2.25. The van der Waals surface area contributed by atoms with Gasteiger partial charge >= 0.3 is 0 Å². The molecule has 0 aliphatic carbocycles. The van der Waals surface area contributed by atoms with Crippen LogP contribution in [-0.4, -0.2) is 4.98 Å². The third-order valence-corrected chi connectivity index (χ3v) is 2.65. The minimum atomic E-state index is 0.602. The fraction of sp³-hybridized carbons (Fsp3) is 0.0833. The Morgan fingerprint density at radius 3 is 2.75 bits per heavy atom. The lowest BCUT2D eigenvalue weighted by molar-refractivity contribution is 0.480. The summed E-state index contributed by atoms with van der Waals surface area (Å²) in [5.41, 5.74) is 7.43. The molecule has 16 heavy (non-hydrogen) atoms. The maximum Gasteiger partial charge on any atom is 0.150 e. The number of aryl methyl sites for hydroxylation is 1. The van der Waals surface area contributed by atoms with Gasteiger partial charge in [-0.3, -0.25) is 4.98 Å². The molecule has 1 heterocycles. The van der Waals surface area contributed by atoms with E-state index in [0.29, 0.717) is 11.4 Å². The van der Waals surface area contributed by atoms with Crippen LogP contribution in [0.5, 0.6) is 11.5 Å². The van der Waals surface area contributed by atoms with Crippen LogP contribution in [0.4, 0.5) is 5.69 Å². The number of rotatable bonds is 2. The van der Waals surface area contributed by atoms with Gasteiger partial charge in [-0.2, -0.15) is 0 Å². The van der Waals surface area contributed by atoms with Gasteiger partial charge < -0.3 is 10.5 Å². The van der Waals surface area contributed by atoms with Crippen LogP contribution in [0.3, 0.4) is 0 Å². The van der Waals surface area contributed by atoms with E-state index in [1.54, 1.807) is 12.4 Å². The molecule has 1 aromatic heterocycles. The first-order chi connectivity index (χ1) is 7.66. The standard InChI is InChI=1S/C12H11BrN2O/c1-8-7-15-5-4-11(8)16-12-3-2-9(13)6-10(12)14/h2-7H,14H2,1H3. The number of anilines is 1. The Bertz CT molecular complexity index is 514. The zero-order valence-electron chi connectivity index (χ0n) is 8.77. The first kappa shape index (κ1) is 11.0. The first-order valence-electron chi connectivity index (χ1n) is 4.80. The SMILES string of the molecule is Cc1cnccc1Oc1ccc(Br)cc1N. The molecule has 2 aromatic rings. The van der Waals surface area contributed by atoms with Crippen LogP contribution in [0.1, 0.15) is 5.56 Å². The molecular formula is C12H11BrN2O. The van der Waals surface area contributed by atoms with E-state index in [9.17, 15) is 0 Å². The number of pyridine rings is 1. The Morgan fingerprint density at radius 2 is 2.06 bits per heavy atom. The lowest BCUT2D eigenvalue weighted by Gasteiger charge is -2.10. The van der Waals surface area contributed by atoms with E-state index in [4.69, 9.17) is 10.5 Å². The van der Waals surface area contributed by atoms with Crippen molar-refractivity contribution in [2.75, 3.05) is 5.73 Å². The number of nitrogen functional groups attached to an aromatic ring is 1. The van der Waals surface area contributed by atoms with E-state index in [1.165, 1.54) is 0 Å². The molecule has 0 radical (unpaired) electrons. The highest BCUT2D eigenvalue weighted by Gasteiger charge is 2.04. The van der Waals surface area contributed by atoms with Crippen LogP contribution in [0.15, 0.2) is 41.1 Å². The van der Waals surface area contributed by atoms with Crippen molar-refractivity contribution in [1.29, 1.82) is 0 Å². The molecule has 0 amide bonds. The molecule has 3 nitrogen and oxygen atoms in total. The van der Waals surface area contributed by atoms with Crippen molar-refractivity contribution in [2.45, 2.75) is 6.92 Å². The maximum atomic E-state index is 5.85. The zero-order chi connectivity index (χ0) is 11.5. The Morgan fingerprint density at radius 1 is 1.25 bits per heavy atom. The Kier molecular flexibility index (Phi) is 3.10. The summed E-state index contributed by atoms with van der Waals surface area (Å²) >= 11 is 3.35. The molecule has 0 spiro atoms. The quantitative estimate of drug-likeness (QED) is 0.855. The van der Waals surface area contributed by atoms with Gasteiger partial charge in [-0.1, -0.05) is 15.9 Å². The smallest absolute Gasteiger partial charge is 0.150 e. The van der Waals surface area contributed by atoms with Crippen LogP contribution in [0.2, 0.25) is 0 Å². The van der Waals surface area contributed by atoms with E-state index in [1.807, 2.05) is 31.2 Å². The minimum absolute atomic E-state index is 0.602.